The molecule has 5 nitrogen and oxygen atoms in total. The number of nitrogens with one attached hydrogen (secondary N) is 1. The van der Waals surface area contributed by atoms with Crippen LogP contribution in [0.3, 0.4) is 0 Å². The van der Waals surface area contributed by atoms with Crippen molar-refractivity contribution in [2.24, 2.45) is 0 Å². The first kappa shape index (κ1) is 20.8. The van der Waals surface area contributed by atoms with Crippen LogP contribution in [0.25, 0.3) is 10.9 Å². The SMILES string of the molecule is Cc1cccc(C(=O)[NH+]2CCc3c(c4ccccc4n3CC(=O)O)C2)c1Br.[Br-]. The van der Waals surface area contributed by atoms with Crippen LogP contribution in [0.15, 0.2) is 46.9 Å². The highest BCUT2D eigenvalue weighted by molar-refractivity contribution is 9.10. The van der Waals surface area contributed by atoms with E-state index in [0.29, 0.717) is 25.1 Å². The molecule has 0 fully saturated rings. The highest BCUT2D eigenvalue weighted by Crippen LogP contribution is 2.28. The average molecular weight is 508 g/mol. The van der Waals surface area contributed by atoms with Crippen molar-refractivity contribution in [3.8, 4) is 0 Å². The summed E-state index contributed by atoms with van der Waals surface area (Å²) in [6, 6.07) is 13.6. The number of carbonyl (C=O) groups excluding carboxylic acids is 1. The minimum absolute atomic E-state index is 0. The summed E-state index contributed by atoms with van der Waals surface area (Å²) < 4.78 is 2.73. The van der Waals surface area contributed by atoms with Crippen LogP contribution < -0.4 is 21.9 Å². The number of aromatic nitrogens is 1. The molecule has 1 amide bonds. The number of quaternary nitrogens is 1. The highest BCUT2D eigenvalue weighted by Gasteiger charge is 2.32. The van der Waals surface area contributed by atoms with Gasteiger partial charge in [-0.2, -0.15) is 0 Å². The molecule has 0 saturated heterocycles. The molecule has 2 heterocycles. The third-order valence-corrected chi connectivity index (χ3v) is 6.35. The summed E-state index contributed by atoms with van der Waals surface area (Å²) in [6.07, 6.45) is 0.682. The standard InChI is InChI=1S/C21H19BrN2O3.BrH/c1-13-5-4-7-15(20(13)22)21(27)23-10-9-18-16(11-23)14-6-2-3-8-17(14)24(18)12-19(25)26;/h2-8H,9-12H2,1H3,(H,25,26);1H. The normalized spacial score (nSPS) is 15.7. The van der Waals surface area contributed by atoms with Gasteiger partial charge >= 0.3 is 11.9 Å². The predicted octanol–water partition coefficient (Wildman–Crippen LogP) is -0.418. The van der Waals surface area contributed by atoms with Gasteiger partial charge in [-0.15, -0.1) is 0 Å². The molecular weight excluding hydrogens is 488 g/mol. The fraction of sp³-hybridized carbons (Fsp3) is 0.238. The van der Waals surface area contributed by atoms with Crippen molar-refractivity contribution < 1.29 is 36.6 Å². The molecule has 0 saturated carbocycles. The fourth-order valence-corrected chi connectivity index (χ4v) is 4.45. The monoisotopic (exact) mass is 506 g/mol. The zero-order valence-electron chi connectivity index (χ0n) is 15.3. The van der Waals surface area contributed by atoms with Gasteiger partial charge in [0.05, 0.1) is 12.1 Å². The number of halogens is 2. The number of hydrogen-bond donors (Lipinski definition) is 2. The van der Waals surface area contributed by atoms with E-state index >= 15 is 0 Å². The second-order valence-corrected chi connectivity index (χ2v) is 7.76. The van der Waals surface area contributed by atoms with E-state index < -0.39 is 5.97 Å². The van der Waals surface area contributed by atoms with Crippen molar-refractivity contribution in [2.45, 2.75) is 26.4 Å². The Morgan fingerprint density at radius 2 is 1.93 bits per heavy atom. The maximum absolute atomic E-state index is 13.1. The number of aliphatic carboxylic acids is 1. The number of aryl methyl sites for hydroxylation is 1. The second-order valence-electron chi connectivity index (χ2n) is 6.97. The number of carboxylic acids is 1. The molecule has 0 radical (unpaired) electrons. The van der Waals surface area contributed by atoms with Gasteiger partial charge < -0.3 is 26.7 Å². The van der Waals surface area contributed by atoms with E-state index in [2.05, 4.69) is 15.9 Å². The molecule has 28 heavy (non-hydrogen) atoms. The van der Waals surface area contributed by atoms with Crippen molar-refractivity contribution in [2.75, 3.05) is 6.54 Å². The van der Waals surface area contributed by atoms with Crippen LogP contribution in [0.1, 0.15) is 27.2 Å². The first-order chi connectivity index (χ1) is 13.0. The van der Waals surface area contributed by atoms with Crippen LogP contribution in [0, 0.1) is 6.92 Å². The third-order valence-electron chi connectivity index (χ3n) is 5.30. The Balaban J connectivity index is 0.00000225. The minimum atomic E-state index is -0.854. The summed E-state index contributed by atoms with van der Waals surface area (Å²) in [7, 11) is 0. The molecule has 1 aliphatic rings. The summed E-state index contributed by atoms with van der Waals surface area (Å²) in [5.74, 6) is -0.778. The van der Waals surface area contributed by atoms with Gasteiger partial charge in [0.1, 0.15) is 13.1 Å². The number of benzene rings is 2. The van der Waals surface area contributed by atoms with Crippen LogP contribution in [-0.2, 0) is 24.3 Å². The smallest absolute Gasteiger partial charge is 0.345 e. The lowest BCUT2D eigenvalue weighted by atomic mass is 10.0. The van der Waals surface area contributed by atoms with E-state index in [0.717, 1.165) is 37.1 Å². The zero-order valence-corrected chi connectivity index (χ0v) is 18.5. The lowest BCUT2D eigenvalue weighted by molar-refractivity contribution is -0.831. The largest absolute Gasteiger partial charge is 1.00 e. The second kappa shape index (κ2) is 8.19. The van der Waals surface area contributed by atoms with Crippen molar-refractivity contribution in [1.29, 1.82) is 0 Å². The Morgan fingerprint density at radius 1 is 1.18 bits per heavy atom. The molecule has 1 aliphatic heterocycles. The summed E-state index contributed by atoms with van der Waals surface area (Å²) in [6.45, 7) is 3.15. The average Bonchev–Trinajstić information content (AvgIpc) is 2.96. The number of hydrogen-bond acceptors (Lipinski definition) is 2. The molecule has 3 aromatic rings. The molecule has 0 bridgehead atoms. The molecule has 0 spiro atoms. The minimum Gasteiger partial charge on any atom is -1.00 e. The number of para-hydroxylation sites is 1. The van der Waals surface area contributed by atoms with E-state index in [4.69, 9.17) is 0 Å². The number of nitrogens with zero attached hydrogens (tertiary/aromatic N) is 1. The Labute approximate surface area is 181 Å². The quantitative estimate of drug-likeness (QED) is 0.506. The number of amides is 1. The van der Waals surface area contributed by atoms with E-state index in [1.165, 1.54) is 0 Å². The third kappa shape index (κ3) is 3.54. The highest BCUT2D eigenvalue weighted by atomic mass is 79.9. The van der Waals surface area contributed by atoms with E-state index in [1.807, 2.05) is 54.0 Å². The molecule has 1 aromatic heterocycles. The van der Waals surface area contributed by atoms with Crippen molar-refractivity contribution in [1.82, 2.24) is 4.57 Å². The van der Waals surface area contributed by atoms with Crippen LogP contribution >= 0.6 is 15.9 Å². The molecule has 2 N–H and O–H groups in total. The fourth-order valence-electron chi connectivity index (χ4n) is 4.01. The summed E-state index contributed by atoms with van der Waals surface area (Å²) in [5.41, 5.74) is 4.79. The van der Waals surface area contributed by atoms with Gasteiger partial charge in [-0.25, -0.2) is 4.79 Å². The Hall–Kier alpha value is -1.96. The van der Waals surface area contributed by atoms with E-state index in [9.17, 15) is 14.7 Å². The van der Waals surface area contributed by atoms with Crippen molar-refractivity contribution in [3.05, 3.63) is 69.3 Å². The molecule has 146 valence electrons. The Kier molecular flexibility index (Phi) is 6.07. The first-order valence-electron chi connectivity index (χ1n) is 8.92. The van der Waals surface area contributed by atoms with Crippen LogP contribution in [0.2, 0.25) is 0 Å². The topological polar surface area (TPSA) is 63.7 Å². The Bertz CT molecular complexity index is 1070. The van der Waals surface area contributed by atoms with Crippen molar-refractivity contribution in [3.63, 3.8) is 0 Å². The first-order valence-corrected chi connectivity index (χ1v) is 9.72. The maximum Gasteiger partial charge on any atom is 0.345 e. The summed E-state index contributed by atoms with van der Waals surface area (Å²) >= 11 is 3.55. The van der Waals surface area contributed by atoms with Gasteiger partial charge in [0, 0.05) is 33.1 Å². The Morgan fingerprint density at radius 3 is 2.68 bits per heavy atom. The van der Waals surface area contributed by atoms with E-state index in [-0.39, 0.29) is 29.4 Å². The van der Waals surface area contributed by atoms with Gasteiger partial charge in [-0.1, -0.05) is 30.3 Å². The van der Waals surface area contributed by atoms with Crippen molar-refractivity contribution >= 4 is 38.7 Å². The molecule has 1 atom stereocenters. The summed E-state index contributed by atoms with van der Waals surface area (Å²) in [4.78, 5) is 25.4. The van der Waals surface area contributed by atoms with Crippen LogP contribution in [-0.4, -0.2) is 28.1 Å². The number of rotatable bonds is 3. The summed E-state index contributed by atoms with van der Waals surface area (Å²) in [5, 5.41) is 10.3. The zero-order chi connectivity index (χ0) is 19.1. The van der Waals surface area contributed by atoms with E-state index in [1.54, 1.807) is 0 Å². The number of fused-ring (bicyclic) bond motifs is 3. The van der Waals surface area contributed by atoms with Gasteiger partial charge in [-0.05, 0) is 40.5 Å². The van der Waals surface area contributed by atoms with Crippen LogP contribution in [0.5, 0.6) is 0 Å². The molecule has 7 heteroatoms. The molecular formula is C21H20Br2N2O3. The lowest BCUT2D eigenvalue weighted by Crippen LogP contribution is -3.14. The van der Waals surface area contributed by atoms with Gasteiger partial charge in [0.15, 0.2) is 0 Å². The lowest BCUT2D eigenvalue weighted by Gasteiger charge is -2.24. The number of carboxylic acid groups (broad SMARTS) is 1. The van der Waals surface area contributed by atoms with Gasteiger partial charge in [0.25, 0.3) is 0 Å². The number of carbonyl (C=O) groups is 2. The molecule has 2 aromatic carbocycles. The maximum atomic E-state index is 13.1. The predicted molar refractivity (Wildman–Crippen MR) is 106 cm³/mol. The molecule has 1 unspecified atom stereocenters. The molecule has 4 rings (SSSR count). The van der Waals surface area contributed by atoms with Gasteiger partial charge in [0.2, 0.25) is 0 Å². The molecule has 0 aliphatic carbocycles. The van der Waals surface area contributed by atoms with Crippen LogP contribution in [0.4, 0.5) is 0 Å². The van der Waals surface area contributed by atoms with Gasteiger partial charge in [-0.3, -0.25) is 9.69 Å².